The maximum Gasteiger partial charge on any atom is 0.246 e. The number of nitrogens with one attached hydrogen (secondary N) is 1. The molecule has 6 nitrogen and oxygen atoms in total. The molecule has 1 fully saturated rings. The fraction of sp³-hybridized carbons (Fsp3) is 0.714. The third-order valence-electron chi connectivity index (χ3n) is 3.75. The first-order valence-corrected chi connectivity index (χ1v) is 8.71. The van der Waals surface area contributed by atoms with Gasteiger partial charge in [0.05, 0.1) is 19.3 Å². The first-order valence-electron chi connectivity index (χ1n) is 7.27. The number of rotatable bonds is 5. The van der Waals surface area contributed by atoms with Crippen LogP contribution in [-0.4, -0.2) is 45.1 Å². The van der Waals surface area contributed by atoms with Crippen LogP contribution in [0.2, 0.25) is 0 Å². The first-order chi connectivity index (χ1) is 9.90. The van der Waals surface area contributed by atoms with Crippen LogP contribution >= 0.6 is 0 Å². The van der Waals surface area contributed by atoms with Crippen molar-refractivity contribution in [1.82, 2.24) is 9.62 Å². The number of ether oxygens (including phenoxy) is 1. The second-order valence-corrected chi connectivity index (χ2v) is 7.30. The summed E-state index contributed by atoms with van der Waals surface area (Å²) in [6.45, 7) is 6.89. The Balaban J connectivity index is 2.35. The topological polar surface area (TPSA) is 71.8 Å². The zero-order chi connectivity index (χ0) is 15.6. The SMILES string of the molecule is CCC1COC(C)CN1S(=O)(=O)c1cc(CNC)oc1C. The van der Waals surface area contributed by atoms with Crippen molar-refractivity contribution in [3.8, 4) is 0 Å². The zero-order valence-electron chi connectivity index (χ0n) is 13.0. The van der Waals surface area contributed by atoms with E-state index in [0.29, 0.717) is 31.2 Å². The molecule has 0 bridgehead atoms. The highest BCUT2D eigenvalue weighted by molar-refractivity contribution is 7.89. The van der Waals surface area contributed by atoms with Gasteiger partial charge in [-0.2, -0.15) is 4.31 Å². The second kappa shape index (κ2) is 6.48. The normalized spacial score (nSPS) is 24.4. The lowest BCUT2D eigenvalue weighted by molar-refractivity contribution is -0.0230. The van der Waals surface area contributed by atoms with Crippen LogP contribution in [0.5, 0.6) is 0 Å². The third kappa shape index (κ3) is 3.31. The van der Waals surface area contributed by atoms with E-state index in [2.05, 4.69) is 5.32 Å². The number of morpholine rings is 1. The Hall–Kier alpha value is -0.890. The molecule has 0 spiro atoms. The van der Waals surface area contributed by atoms with Gasteiger partial charge in [0.1, 0.15) is 16.4 Å². The molecule has 1 N–H and O–H groups in total. The number of sulfonamides is 1. The Labute approximate surface area is 126 Å². The quantitative estimate of drug-likeness (QED) is 0.891. The summed E-state index contributed by atoms with van der Waals surface area (Å²) in [6.07, 6.45) is 0.637. The number of hydrogen-bond donors (Lipinski definition) is 1. The van der Waals surface area contributed by atoms with Gasteiger partial charge in [0.2, 0.25) is 10.0 Å². The first kappa shape index (κ1) is 16.5. The van der Waals surface area contributed by atoms with Gasteiger partial charge >= 0.3 is 0 Å². The van der Waals surface area contributed by atoms with E-state index < -0.39 is 10.0 Å². The summed E-state index contributed by atoms with van der Waals surface area (Å²) < 4.78 is 38.5. The summed E-state index contributed by atoms with van der Waals surface area (Å²) >= 11 is 0. The molecule has 1 aromatic rings. The summed E-state index contributed by atoms with van der Waals surface area (Å²) in [6, 6.07) is 1.50. The zero-order valence-corrected chi connectivity index (χ0v) is 13.9. The van der Waals surface area contributed by atoms with Crippen molar-refractivity contribution in [2.75, 3.05) is 20.2 Å². The van der Waals surface area contributed by atoms with Gasteiger partial charge in [-0.1, -0.05) is 6.92 Å². The Bertz CT molecular complexity index is 582. The molecular weight excluding hydrogens is 292 g/mol. The minimum Gasteiger partial charge on any atom is -0.464 e. The average molecular weight is 316 g/mol. The van der Waals surface area contributed by atoms with E-state index in [1.807, 2.05) is 13.8 Å². The van der Waals surface area contributed by atoms with Crippen molar-refractivity contribution >= 4 is 10.0 Å². The van der Waals surface area contributed by atoms with Gasteiger partial charge in [-0.15, -0.1) is 0 Å². The maximum atomic E-state index is 12.9. The number of aryl methyl sites for hydroxylation is 1. The van der Waals surface area contributed by atoms with Crippen molar-refractivity contribution < 1.29 is 17.6 Å². The van der Waals surface area contributed by atoms with Crippen molar-refractivity contribution in [3.63, 3.8) is 0 Å². The van der Waals surface area contributed by atoms with E-state index in [1.54, 1.807) is 24.3 Å². The summed E-state index contributed by atoms with van der Waals surface area (Å²) in [5, 5.41) is 2.96. The van der Waals surface area contributed by atoms with E-state index in [1.165, 1.54) is 0 Å². The second-order valence-electron chi connectivity index (χ2n) is 5.44. The molecule has 2 atom stereocenters. The monoisotopic (exact) mass is 316 g/mol. The van der Waals surface area contributed by atoms with Crippen LogP contribution in [0.3, 0.4) is 0 Å². The third-order valence-corrected chi connectivity index (χ3v) is 5.78. The number of nitrogens with zero attached hydrogens (tertiary/aromatic N) is 1. The molecule has 2 heterocycles. The number of furan rings is 1. The van der Waals surface area contributed by atoms with Crippen molar-refractivity contribution in [1.29, 1.82) is 0 Å². The molecule has 7 heteroatoms. The van der Waals surface area contributed by atoms with E-state index in [-0.39, 0.29) is 17.0 Å². The van der Waals surface area contributed by atoms with Crippen molar-refractivity contribution in [2.24, 2.45) is 0 Å². The van der Waals surface area contributed by atoms with E-state index in [4.69, 9.17) is 9.15 Å². The molecule has 1 saturated heterocycles. The Morgan fingerprint density at radius 2 is 2.19 bits per heavy atom. The number of hydrogen-bond acceptors (Lipinski definition) is 5. The van der Waals surface area contributed by atoms with E-state index in [0.717, 1.165) is 6.42 Å². The average Bonchev–Trinajstić information content (AvgIpc) is 2.81. The molecule has 0 aromatic carbocycles. The summed E-state index contributed by atoms with van der Waals surface area (Å²) in [7, 11) is -1.76. The van der Waals surface area contributed by atoms with E-state index in [9.17, 15) is 8.42 Å². The standard InChI is InChI=1S/C14H24N2O4S/c1-5-12-9-19-10(2)8-16(12)21(17,18)14-6-13(7-15-4)20-11(14)3/h6,10,12,15H,5,7-9H2,1-4H3. The van der Waals surface area contributed by atoms with Crippen LogP contribution < -0.4 is 5.32 Å². The minimum absolute atomic E-state index is 0.0911. The van der Waals surface area contributed by atoms with Gasteiger partial charge in [-0.05, 0) is 27.3 Å². The molecule has 2 rings (SSSR count). The van der Waals surface area contributed by atoms with Crippen LogP contribution in [0, 0.1) is 6.92 Å². The van der Waals surface area contributed by atoms with Crippen molar-refractivity contribution in [3.05, 3.63) is 17.6 Å². The van der Waals surface area contributed by atoms with Crippen LogP contribution in [0.15, 0.2) is 15.4 Å². The van der Waals surface area contributed by atoms with Gasteiger partial charge in [0.15, 0.2) is 0 Å². The predicted octanol–water partition coefficient (Wildman–Crippen LogP) is 1.50. The Morgan fingerprint density at radius 3 is 2.81 bits per heavy atom. The smallest absolute Gasteiger partial charge is 0.246 e. The highest BCUT2D eigenvalue weighted by Crippen LogP contribution is 2.28. The van der Waals surface area contributed by atoms with Crippen LogP contribution in [0.25, 0.3) is 0 Å². The molecule has 0 saturated carbocycles. The van der Waals surface area contributed by atoms with Gasteiger partial charge < -0.3 is 14.5 Å². The lowest BCUT2D eigenvalue weighted by atomic mass is 10.2. The molecule has 2 unspecified atom stereocenters. The van der Waals surface area contributed by atoms with Gasteiger partial charge in [0.25, 0.3) is 0 Å². The molecule has 120 valence electrons. The van der Waals surface area contributed by atoms with Gasteiger partial charge in [-0.25, -0.2) is 8.42 Å². The van der Waals surface area contributed by atoms with Crippen molar-refractivity contribution in [2.45, 2.75) is 50.8 Å². The largest absolute Gasteiger partial charge is 0.464 e. The van der Waals surface area contributed by atoms with Gasteiger partial charge in [0, 0.05) is 18.7 Å². The highest BCUT2D eigenvalue weighted by atomic mass is 32.2. The lowest BCUT2D eigenvalue weighted by Gasteiger charge is -2.37. The summed E-state index contributed by atoms with van der Waals surface area (Å²) in [4.78, 5) is 0.264. The summed E-state index contributed by atoms with van der Waals surface area (Å²) in [5.41, 5.74) is 0. The minimum atomic E-state index is -3.55. The van der Waals surface area contributed by atoms with Crippen LogP contribution in [-0.2, 0) is 21.3 Å². The lowest BCUT2D eigenvalue weighted by Crippen LogP contribution is -2.51. The van der Waals surface area contributed by atoms with Gasteiger partial charge in [-0.3, -0.25) is 0 Å². The molecule has 1 aromatic heterocycles. The fourth-order valence-corrected chi connectivity index (χ4v) is 4.54. The molecule has 1 aliphatic heterocycles. The highest BCUT2D eigenvalue weighted by Gasteiger charge is 2.37. The molecule has 21 heavy (non-hydrogen) atoms. The van der Waals surface area contributed by atoms with E-state index >= 15 is 0 Å². The van der Waals surface area contributed by atoms with Crippen LogP contribution in [0.1, 0.15) is 31.8 Å². The Morgan fingerprint density at radius 1 is 1.48 bits per heavy atom. The molecule has 0 amide bonds. The molecule has 1 aliphatic rings. The fourth-order valence-electron chi connectivity index (χ4n) is 2.60. The molecule has 0 radical (unpaired) electrons. The molecular formula is C14H24N2O4S. The summed E-state index contributed by atoms with van der Waals surface area (Å²) in [5.74, 6) is 1.07. The molecule has 0 aliphatic carbocycles. The predicted molar refractivity (Wildman–Crippen MR) is 79.6 cm³/mol. The van der Waals surface area contributed by atoms with Crippen LogP contribution in [0.4, 0.5) is 0 Å². The Kier molecular flexibility index (Phi) is 5.08. The maximum absolute atomic E-state index is 12.9.